The number of piperazine rings is 1. The Labute approximate surface area is 171 Å². The molecule has 1 heterocycles. The minimum Gasteiger partial charge on any atom is -0.336 e. The molecule has 28 heavy (non-hydrogen) atoms. The van der Waals surface area contributed by atoms with Gasteiger partial charge in [0.2, 0.25) is 0 Å². The number of rotatable bonds is 4. The molecule has 6 nitrogen and oxygen atoms in total. The number of hydrogen-bond donors (Lipinski definition) is 1. The third-order valence-corrected chi connectivity index (χ3v) is 6.59. The van der Waals surface area contributed by atoms with E-state index in [4.69, 9.17) is 11.6 Å². The van der Waals surface area contributed by atoms with Gasteiger partial charge in [-0.05, 0) is 62.4 Å². The van der Waals surface area contributed by atoms with Crippen LogP contribution in [-0.2, 0) is 10.0 Å². The number of amides is 1. The van der Waals surface area contributed by atoms with Crippen LogP contribution in [0.5, 0.6) is 0 Å². The number of halogens is 1. The fourth-order valence-corrected chi connectivity index (χ4v) is 4.85. The predicted molar refractivity (Wildman–Crippen MR) is 112 cm³/mol. The molecule has 1 aliphatic rings. The summed E-state index contributed by atoms with van der Waals surface area (Å²) in [6.45, 7) is 6.60. The van der Waals surface area contributed by atoms with Crippen molar-refractivity contribution in [1.82, 2.24) is 9.80 Å². The van der Waals surface area contributed by atoms with Gasteiger partial charge in [-0.3, -0.25) is 9.52 Å². The van der Waals surface area contributed by atoms with E-state index in [0.717, 1.165) is 24.2 Å². The van der Waals surface area contributed by atoms with Crippen molar-refractivity contribution in [1.29, 1.82) is 0 Å². The minimum absolute atomic E-state index is 0.0757. The molecule has 3 rings (SSSR count). The molecule has 2 aromatic rings. The molecule has 0 atom stereocenters. The lowest BCUT2D eigenvalue weighted by atomic mass is 10.1. The molecule has 8 heteroatoms. The first-order valence-electron chi connectivity index (χ1n) is 9.04. The highest BCUT2D eigenvalue weighted by molar-refractivity contribution is 7.92. The summed E-state index contributed by atoms with van der Waals surface area (Å²) in [5.41, 5.74) is 2.67. The SMILES string of the molecule is Cc1cc(C)cc(NS(=O)(=O)c2cc(C(=O)N3CCN(C)CC3)ccc2Cl)c1. The molecule has 0 radical (unpaired) electrons. The number of sulfonamides is 1. The van der Waals surface area contributed by atoms with Crippen LogP contribution in [0, 0.1) is 13.8 Å². The van der Waals surface area contributed by atoms with Crippen molar-refractivity contribution in [2.45, 2.75) is 18.7 Å². The number of nitrogens with zero attached hydrogens (tertiary/aromatic N) is 2. The van der Waals surface area contributed by atoms with Gasteiger partial charge in [0, 0.05) is 37.4 Å². The van der Waals surface area contributed by atoms with Crippen LogP contribution in [0.4, 0.5) is 5.69 Å². The van der Waals surface area contributed by atoms with E-state index in [9.17, 15) is 13.2 Å². The van der Waals surface area contributed by atoms with Gasteiger partial charge in [-0.25, -0.2) is 8.42 Å². The Balaban J connectivity index is 1.88. The lowest BCUT2D eigenvalue weighted by molar-refractivity contribution is 0.0664. The summed E-state index contributed by atoms with van der Waals surface area (Å²) in [5, 5.41) is 0.0757. The van der Waals surface area contributed by atoms with Gasteiger partial charge in [0.25, 0.3) is 15.9 Å². The summed E-state index contributed by atoms with van der Waals surface area (Å²) in [4.78, 5) is 16.6. The molecule has 0 aromatic heterocycles. The third kappa shape index (κ3) is 4.66. The largest absolute Gasteiger partial charge is 0.336 e. The van der Waals surface area contributed by atoms with E-state index in [1.165, 1.54) is 12.1 Å². The summed E-state index contributed by atoms with van der Waals surface area (Å²) in [5.74, 6) is -0.187. The summed E-state index contributed by atoms with van der Waals surface area (Å²) in [6, 6.07) is 9.84. The Morgan fingerprint density at radius 2 is 1.61 bits per heavy atom. The molecule has 1 amide bonds. The first kappa shape index (κ1) is 20.6. The topological polar surface area (TPSA) is 69.7 Å². The highest BCUT2D eigenvalue weighted by Gasteiger charge is 2.24. The van der Waals surface area contributed by atoms with E-state index in [0.29, 0.717) is 24.3 Å². The smallest absolute Gasteiger partial charge is 0.263 e. The lowest BCUT2D eigenvalue weighted by Crippen LogP contribution is -2.47. The van der Waals surface area contributed by atoms with Crippen molar-refractivity contribution in [3.05, 3.63) is 58.1 Å². The van der Waals surface area contributed by atoms with E-state index < -0.39 is 10.0 Å². The standard InChI is InChI=1S/C20H24ClN3O3S/c1-14-10-15(2)12-17(11-14)22-28(26,27)19-13-16(4-5-18(19)21)20(25)24-8-6-23(3)7-9-24/h4-5,10-13,22H,6-9H2,1-3H3. The second kappa shape index (κ2) is 8.11. The highest BCUT2D eigenvalue weighted by atomic mass is 35.5. The van der Waals surface area contributed by atoms with Gasteiger partial charge in [-0.1, -0.05) is 17.7 Å². The first-order valence-corrected chi connectivity index (χ1v) is 10.9. The molecule has 1 fully saturated rings. The van der Waals surface area contributed by atoms with Crippen LogP contribution in [0.15, 0.2) is 41.3 Å². The fraction of sp³-hybridized carbons (Fsp3) is 0.350. The second-order valence-electron chi connectivity index (χ2n) is 7.22. The zero-order chi connectivity index (χ0) is 20.5. The van der Waals surface area contributed by atoms with Gasteiger partial charge >= 0.3 is 0 Å². The van der Waals surface area contributed by atoms with Crippen molar-refractivity contribution in [3.63, 3.8) is 0 Å². The summed E-state index contributed by atoms with van der Waals surface area (Å²) in [7, 11) is -1.93. The second-order valence-corrected chi connectivity index (χ2v) is 9.28. The Hall–Kier alpha value is -2.09. The maximum absolute atomic E-state index is 12.9. The van der Waals surface area contributed by atoms with Crippen molar-refractivity contribution in [2.75, 3.05) is 37.9 Å². The lowest BCUT2D eigenvalue weighted by Gasteiger charge is -2.32. The third-order valence-electron chi connectivity index (χ3n) is 4.73. The number of nitrogens with one attached hydrogen (secondary N) is 1. The summed E-state index contributed by atoms with van der Waals surface area (Å²) < 4.78 is 28.4. The maximum atomic E-state index is 12.9. The minimum atomic E-state index is -3.93. The van der Waals surface area contributed by atoms with E-state index in [1.54, 1.807) is 23.1 Å². The number of aryl methyl sites for hydroxylation is 2. The quantitative estimate of drug-likeness (QED) is 0.823. The van der Waals surface area contributed by atoms with Crippen molar-refractivity contribution < 1.29 is 13.2 Å². The number of hydrogen-bond acceptors (Lipinski definition) is 4. The molecule has 1 saturated heterocycles. The molecular formula is C20H24ClN3O3S. The van der Waals surface area contributed by atoms with Crippen molar-refractivity contribution >= 4 is 33.2 Å². The van der Waals surface area contributed by atoms with Crippen LogP contribution in [0.3, 0.4) is 0 Å². The Bertz CT molecular complexity index is 980. The Kier molecular flexibility index (Phi) is 5.98. The molecule has 0 spiro atoms. The molecule has 1 aliphatic heterocycles. The summed E-state index contributed by atoms with van der Waals surface area (Å²) >= 11 is 6.17. The van der Waals surface area contributed by atoms with Gasteiger partial charge < -0.3 is 9.80 Å². The Morgan fingerprint density at radius 3 is 2.21 bits per heavy atom. The van der Waals surface area contributed by atoms with Gasteiger partial charge in [-0.15, -0.1) is 0 Å². The van der Waals surface area contributed by atoms with Crippen molar-refractivity contribution in [2.24, 2.45) is 0 Å². The average molecular weight is 422 g/mol. The molecule has 2 aromatic carbocycles. The monoisotopic (exact) mass is 421 g/mol. The molecular weight excluding hydrogens is 398 g/mol. The van der Waals surface area contributed by atoms with Crippen LogP contribution in [0.25, 0.3) is 0 Å². The zero-order valence-electron chi connectivity index (χ0n) is 16.2. The number of carbonyl (C=O) groups excluding carboxylic acids is 1. The van der Waals surface area contributed by atoms with Gasteiger partial charge in [0.1, 0.15) is 4.90 Å². The van der Waals surface area contributed by atoms with Gasteiger partial charge in [0.15, 0.2) is 0 Å². The van der Waals surface area contributed by atoms with E-state index in [-0.39, 0.29) is 15.8 Å². The zero-order valence-corrected chi connectivity index (χ0v) is 17.8. The average Bonchev–Trinajstić information content (AvgIpc) is 2.60. The molecule has 0 unspecified atom stereocenters. The van der Waals surface area contributed by atoms with Crippen LogP contribution in [-0.4, -0.2) is 57.4 Å². The predicted octanol–water partition coefficient (Wildman–Crippen LogP) is 3.15. The van der Waals surface area contributed by atoms with E-state index >= 15 is 0 Å². The van der Waals surface area contributed by atoms with Gasteiger partial charge in [0.05, 0.1) is 5.02 Å². The van der Waals surface area contributed by atoms with E-state index in [1.807, 2.05) is 27.0 Å². The molecule has 0 aliphatic carbocycles. The van der Waals surface area contributed by atoms with E-state index in [2.05, 4.69) is 9.62 Å². The maximum Gasteiger partial charge on any atom is 0.263 e. The summed E-state index contributed by atoms with van der Waals surface area (Å²) in [6.07, 6.45) is 0. The first-order chi connectivity index (χ1) is 13.2. The highest BCUT2D eigenvalue weighted by Crippen LogP contribution is 2.26. The molecule has 0 saturated carbocycles. The van der Waals surface area contributed by atoms with Crippen LogP contribution in [0.1, 0.15) is 21.5 Å². The molecule has 0 bridgehead atoms. The fourth-order valence-electron chi connectivity index (χ4n) is 3.28. The van der Waals surface area contributed by atoms with Crippen LogP contribution >= 0.6 is 11.6 Å². The number of carbonyl (C=O) groups is 1. The number of benzene rings is 2. The van der Waals surface area contributed by atoms with Gasteiger partial charge in [-0.2, -0.15) is 0 Å². The number of anilines is 1. The van der Waals surface area contributed by atoms with Crippen LogP contribution in [0.2, 0.25) is 5.02 Å². The molecule has 1 N–H and O–H groups in total. The number of likely N-dealkylation sites (N-methyl/N-ethyl adjacent to an activating group) is 1. The molecule has 150 valence electrons. The Morgan fingerprint density at radius 1 is 1.00 bits per heavy atom. The van der Waals surface area contributed by atoms with Crippen molar-refractivity contribution in [3.8, 4) is 0 Å². The normalized spacial score (nSPS) is 15.5. The van der Waals surface area contributed by atoms with Crippen LogP contribution < -0.4 is 4.72 Å².